The van der Waals surface area contributed by atoms with E-state index in [9.17, 15) is 4.79 Å². The summed E-state index contributed by atoms with van der Waals surface area (Å²) in [6.07, 6.45) is 3.86. The minimum atomic E-state index is -0.445. The molecule has 0 aromatic rings. The van der Waals surface area contributed by atoms with Gasteiger partial charge in [0.15, 0.2) is 0 Å². The summed E-state index contributed by atoms with van der Waals surface area (Å²) >= 11 is 0. The third kappa shape index (κ3) is 9.75. The molecular weight excluding hydrogens is 183 g/mol. The van der Waals surface area contributed by atoms with Crippen molar-refractivity contribution in [3.8, 4) is 0 Å². The van der Waals surface area contributed by atoms with Crippen LogP contribution in [0, 0.1) is 6.08 Å². The van der Waals surface area contributed by atoms with Gasteiger partial charge in [-0.1, -0.05) is 0 Å². The van der Waals surface area contributed by atoms with Crippen molar-refractivity contribution in [2.45, 2.75) is 6.92 Å². The summed E-state index contributed by atoms with van der Waals surface area (Å²) in [7, 11) is 1.54. The summed E-state index contributed by atoms with van der Waals surface area (Å²) in [6.45, 7) is 2.52. The predicted octanol–water partition coefficient (Wildman–Crippen LogP) is 0.553. The predicted molar refractivity (Wildman–Crippen MR) is 36.3 cm³/mol. The van der Waals surface area contributed by atoms with Crippen LogP contribution in [0.5, 0.6) is 0 Å². The molecule has 0 aromatic heterocycles. The zero-order valence-electron chi connectivity index (χ0n) is 6.66. The standard InChI is InChI=1S/C7H11O3.V/c1-3-10-7(8)5-4-6-9-2;/h4H,3,6H2,1-2H3;/q-1;. The van der Waals surface area contributed by atoms with E-state index in [-0.39, 0.29) is 18.6 Å². The second kappa shape index (κ2) is 9.75. The topological polar surface area (TPSA) is 35.5 Å². The average Bonchev–Trinajstić information content (AvgIpc) is 1.89. The van der Waals surface area contributed by atoms with Crippen molar-refractivity contribution in [3.05, 3.63) is 12.2 Å². The molecule has 0 saturated heterocycles. The number of hydrogen-bond acceptors (Lipinski definition) is 3. The smallest absolute Gasteiger partial charge is 0.147 e. The van der Waals surface area contributed by atoms with Crippen molar-refractivity contribution in [2.75, 3.05) is 20.3 Å². The van der Waals surface area contributed by atoms with Crippen LogP contribution in [0.25, 0.3) is 0 Å². The minimum Gasteiger partial charge on any atom is -0.490 e. The molecule has 0 aliphatic carbocycles. The van der Waals surface area contributed by atoms with Gasteiger partial charge in [-0.3, -0.25) is 4.79 Å². The molecule has 0 saturated carbocycles. The third-order valence-corrected chi connectivity index (χ3v) is 0.745. The molecule has 0 aliphatic rings. The van der Waals surface area contributed by atoms with Gasteiger partial charge in [0.05, 0.1) is 6.61 Å². The Labute approximate surface area is 78.6 Å². The van der Waals surface area contributed by atoms with Crippen molar-refractivity contribution < 1.29 is 32.8 Å². The van der Waals surface area contributed by atoms with Crippen LogP contribution in [0.4, 0.5) is 0 Å². The van der Waals surface area contributed by atoms with E-state index in [4.69, 9.17) is 0 Å². The van der Waals surface area contributed by atoms with Gasteiger partial charge in [-0.05, 0) is 6.92 Å². The molecule has 0 fully saturated rings. The number of rotatable bonds is 4. The Balaban J connectivity index is 0. The Morgan fingerprint density at radius 2 is 2.27 bits per heavy atom. The monoisotopic (exact) mass is 194 g/mol. The van der Waals surface area contributed by atoms with Gasteiger partial charge in [0, 0.05) is 32.3 Å². The SMILES string of the molecule is CCOC(=O)[C-]=CCOC.[V]. The molecule has 0 rings (SSSR count). The van der Waals surface area contributed by atoms with Crippen LogP contribution in [-0.2, 0) is 32.8 Å². The Bertz CT molecular complexity index is 123. The summed E-state index contributed by atoms with van der Waals surface area (Å²) < 4.78 is 9.20. The fourth-order valence-electron chi connectivity index (χ4n) is 0.381. The maximum atomic E-state index is 10.5. The zero-order chi connectivity index (χ0) is 7.82. The minimum absolute atomic E-state index is 0. The van der Waals surface area contributed by atoms with Gasteiger partial charge in [0.1, 0.15) is 5.97 Å². The molecule has 63 valence electrons. The molecule has 4 heteroatoms. The number of methoxy groups -OCH3 is 1. The first-order chi connectivity index (χ1) is 4.81. The van der Waals surface area contributed by atoms with Gasteiger partial charge in [-0.2, -0.15) is 0 Å². The van der Waals surface area contributed by atoms with Crippen LogP contribution < -0.4 is 0 Å². The maximum Gasteiger partial charge on any atom is 0.147 e. The summed E-state index contributed by atoms with van der Waals surface area (Å²) in [5, 5.41) is 0. The van der Waals surface area contributed by atoms with Crippen LogP contribution in [0.1, 0.15) is 6.92 Å². The van der Waals surface area contributed by atoms with Gasteiger partial charge in [0.25, 0.3) is 0 Å². The fourth-order valence-corrected chi connectivity index (χ4v) is 0.381. The van der Waals surface area contributed by atoms with Crippen LogP contribution in [0.15, 0.2) is 6.08 Å². The Morgan fingerprint density at radius 1 is 1.64 bits per heavy atom. The first-order valence-corrected chi connectivity index (χ1v) is 3.05. The molecule has 11 heavy (non-hydrogen) atoms. The van der Waals surface area contributed by atoms with Crippen LogP contribution >= 0.6 is 0 Å². The Kier molecular flexibility index (Phi) is 11.8. The van der Waals surface area contributed by atoms with Crippen molar-refractivity contribution in [1.82, 2.24) is 0 Å². The van der Waals surface area contributed by atoms with E-state index >= 15 is 0 Å². The first-order valence-electron chi connectivity index (χ1n) is 3.05. The molecule has 0 heterocycles. The summed E-state index contributed by atoms with van der Waals surface area (Å²) in [4.78, 5) is 10.5. The van der Waals surface area contributed by atoms with Crippen LogP contribution in [-0.4, -0.2) is 26.3 Å². The second-order valence-corrected chi connectivity index (χ2v) is 1.52. The fraction of sp³-hybridized carbons (Fsp3) is 0.571. The van der Waals surface area contributed by atoms with Crippen LogP contribution in [0.2, 0.25) is 0 Å². The van der Waals surface area contributed by atoms with E-state index in [1.54, 1.807) is 14.0 Å². The zero-order valence-corrected chi connectivity index (χ0v) is 8.06. The van der Waals surface area contributed by atoms with Crippen molar-refractivity contribution >= 4 is 5.97 Å². The van der Waals surface area contributed by atoms with Crippen molar-refractivity contribution in [1.29, 1.82) is 0 Å². The molecule has 0 N–H and O–H groups in total. The normalized spacial score (nSPS) is 9.27. The number of esters is 1. The van der Waals surface area contributed by atoms with Crippen molar-refractivity contribution in [2.24, 2.45) is 0 Å². The van der Waals surface area contributed by atoms with Gasteiger partial charge >= 0.3 is 0 Å². The molecule has 0 bridgehead atoms. The van der Waals surface area contributed by atoms with E-state index < -0.39 is 5.97 Å². The number of carbonyl (C=O) groups is 1. The van der Waals surface area contributed by atoms with Gasteiger partial charge in [-0.25, -0.2) is 6.08 Å². The quantitative estimate of drug-likeness (QED) is 0.372. The van der Waals surface area contributed by atoms with E-state index in [1.165, 1.54) is 6.08 Å². The van der Waals surface area contributed by atoms with E-state index in [2.05, 4.69) is 15.5 Å². The molecule has 0 aromatic carbocycles. The molecule has 0 spiro atoms. The summed E-state index contributed by atoms with van der Waals surface area (Å²) in [6, 6.07) is 0. The number of ether oxygens (including phenoxy) is 2. The molecule has 3 nitrogen and oxygen atoms in total. The largest absolute Gasteiger partial charge is 0.490 e. The Hall–Kier alpha value is -0.246. The molecule has 0 atom stereocenters. The summed E-state index contributed by atoms with van der Waals surface area (Å²) in [5.74, 6) is -0.445. The van der Waals surface area contributed by atoms with Gasteiger partial charge < -0.3 is 15.5 Å². The molecule has 1 radical (unpaired) electrons. The molecule has 0 unspecified atom stereocenters. The molecular formula is C7H11O3V-. The third-order valence-electron chi connectivity index (χ3n) is 0.745. The van der Waals surface area contributed by atoms with E-state index in [0.29, 0.717) is 13.2 Å². The molecule has 0 aliphatic heterocycles. The Morgan fingerprint density at radius 3 is 2.73 bits per heavy atom. The second-order valence-electron chi connectivity index (χ2n) is 1.52. The van der Waals surface area contributed by atoms with Gasteiger partial charge in [0.2, 0.25) is 0 Å². The summed E-state index contributed by atoms with van der Waals surface area (Å²) in [5.41, 5.74) is 0. The van der Waals surface area contributed by atoms with E-state index in [0.717, 1.165) is 0 Å². The molecule has 0 amide bonds. The number of carbonyl (C=O) groups excluding carboxylic acids is 1. The average molecular weight is 194 g/mol. The van der Waals surface area contributed by atoms with Crippen LogP contribution in [0.3, 0.4) is 0 Å². The number of hydrogen-bond donors (Lipinski definition) is 0. The van der Waals surface area contributed by atoms with E-state index in [1.807, 2.05) is 0 Å². The van der Waals surface area contributed by atoms with Gasteiger partial charge in [-0.15, -0.1) is 0 Å². The van der Waals surface area contributed by atoms with Crippen molar-refractivity contribution in [3.63, 3.8) is 0 Å². The maximum absolute atomic E-state index is 10.5. The first kappa shape index (κ1) is 13.4.